The number of amides is 1. The lowest BCUT2D eigenvalue weighted by molar-refractivity contribution is 0.0984. The Labute approximate surface area is 166 Å². The van der Waals surface area contributed by atoms with Crippen molar-refractivity contribution >= 4 is 29.7 Å². The highest BCUT2D eigenvalue weighted by molar-refractivity contribution is 6.07. The highest BCUT2D eigenvalue weighted by atomic mass is 35.5. The van der Waals surface area contributed by atoms with E-state index in [9.17, 15) is 4.79 Å². The van der Waals surface area contributed by atoms with Crippen LogP contribution in [0, 0.1) is 0 Å². The van der Waals surface area contributed by atoms with Gasteiger partial charge in [-0.3, -0.25) is 4.79 Å². The summed E-state index contributed by atoms with van der Waals surface area (Å²) in [6.07, 6.45) is 2.72. The van der Waals surface area contributed by atoms with E-state index in [2.05, 4.69) is 6.92 Å². The quantitative estimate of drug-likeness (QED) is 0.739. The molecule has 27 heavy (non-hydrogen) atoms. The molecule has 0 aliphatic carbocycles. The molecule has 0 saturated carbocycles. The zero-order valence-corrected chi connectivity index (χ0v) is 16.7. The lowest BCUT2D eigenvalue weighted by Gasteiger charge is -2.30. The number of nitrogens with two attached hydrogens (primary N) is 1. The number of nitrogens with zero attached hydrogens (tertiary/aromatic N) is 1. The fourth-order valence-electron chi connectivity index (χ4n) is 3.26. The summed E-state index contributed by atoms with van der Waals surface area (Å²) in [6.45, 7) is 5.79. The predicted octanol–water partition coefficient (Wildman–Crippen LogP) is 4.47. The molecular formula is C21H27ClN2O3. The van der Waals surface area contributed by atoms with E-state index >= 15 is 0 Å². The SMILES string of the molecule is CCCOc1ccc(C(=O)N2CCCc3c(N)cccc32)cc1OCC.Cl. The Hall–Kier alpha value is -2.40. The van der Waals surface area contributed by atoms with Crippen molar-refractivity contribution < 1.29 is 14.3 Å². The average molecular weight is 391 g/mol. The van der Waals surface area contributed by atoms with Gasteiger partial charge in [0.2, 0.25) is 0 Å². The number of carbonyl (C=O) groups excluding carboxylic acids is 1. The number of fused-ring (bicyclic) bond motifs is 1. The van der Waals surface area contributed by atoms with Crippen LogP contribution in [-0.2, 0) is 6.42 Å². The third-order valence-electron chi connectivity index (χ3n) is 4.48. The van der Waals surface area contributed by atoms with Crippen LogP contribution in [0.3, 0.4) is 0 Å². The fraction of sp³-hybridized carbons (Fsp3) is 0.381. The van der Waals surface area contributed by atoms with E-state index in [4.69, 9.17) is 15.2 Å². The van der Waals surface area contributed by atoms with Crippen molar-refractivity contribution in [2.24, 2.45) is 0 Å². The summed E-state index contributed by atoms with van der Waals surface area (Å²) in [5.41, 5.74) is 9.40. The van der Waals surface area contributed by atoms with Gasteiger partial charge in [0.15, 0.2) is 11.5 Å². The number of hydrogen-bond acceptors (Lipinski definition) is 4. The predicted molar refractivity (Wildman–Crippen MR) is 111 cm³/mol. The minimum atomic E-state index is -0.0421. The molecule has 5 nitrogen and oxygen atoms in total. The molecule has 0 unspecified atom stereocenters. The molecule has 0 fully saturated rings. The van der Waals surface area contributed by atoms with E-state index in [1.165, 1.54) is 0 Å². The fourth-order valence-corrected chi connectivity index (χ4v) is 3.26. The molecule has 2 N–H and O–H groups in total. The van der Waals surface area contributed by atoms with Gasteiger partial charge in [-0.05, 0) is 62.1 Å². The highest BCUT2D eigenvalue weighted by Gasteiger charge is 2.25. The van der Waals surface area contributed by atoms with Crippen LogP contribution >= 0.6 is 12.4 Å². The third kappa shape index (κ3) is 4.48. The number of halogens is 1. The zero-order valence-electron chi connectivity index (χ0n) is 15.9. The van der Waals surface area contributed by atoms with E-state index in [0.29, 0.717) is 36.8 Å². The second-order valence-corrected chi connectivity index (χ2v) is 6.35. The molecular weight excluding hydrogens is 364 g/mol. The molecule has 1 heterocycles. The van der Waals surface area contributed by atoms with Gasteiger partial charge in [0.25, 0.3) is 5.91 Å². The Morgan fingerprint density at radius 2 is 1.96 bits per heavy atom. The first-order valence-electron chi connectivity index (χ1n) is 9.24. The van der Waals surface area contributed by atoms with Gasteiger partial charge in [0.1, 0.15) is 0 Å². The maximum absolute atomic E-state index is 13.1. The molecule has 1 amide bonds. The minimum absolute atomic E-state index is 0. The molecule has 2 aromatic rings. The number of ether oxygens (including phenoxy) is 2. The van der Waals surface area contributed by atoms with Crippen molar-refractivity contribution in [3.63, 3.8) is 0 Å². The van der Waals surface area contributed by atoms with Crippen molar-refractivity contribution in [2.75, 3.05) is 30.4 Å². The second kappa shape index (κ2) is 9.51. The van der Waals surface area contributed by atoms with Gasteiger partial charge >= 0.3 is 0 Å². The van der Waals surface area contributed by atoms with Crippen LogP contribution in [0.4, 0.5) is 11.4 Å². The Bertz CT molecular complexity index is 795. The van der Waals surface area contributed by atoms with E-state index < -0.39 is 0 Å². The lowest BCUT2D eigenvalue weighted by Crippen LogP contribution is -2.35. The van der Waals surface area contributed by atoms with Crippen molar-refractivity contribution in [3.8, 4) is 11.5 Å². The van der Waals surface area contributed by atoms with Crippen molar-refractivity contribution in [3.05, 3.63) is 47.5 Å². The van der Waals surface area contributed by atoms with Gasteiger partial charge in [-0.25, -0.2) is 0 Å². The van der Waals surface area contributed by atoms with Crippen LogP contribution in [0.1, 0.15) is 42.6 Å². The minimum Gasteiger partial charge on any atom is -0.490 e. The van der Waals surface area contributed by atoms with Gasteiger partial charge in [-0.1, -0.05) is 13.0 Å². The highest BCUT2D eigenvalue weighted by Crippen LogP contribution is 2.34. The molecule has 0 atom stereocenters. The number of carbonyl (C=O) groups is 1. The van der Waals surface area contributed by atoms with Crippen molar-refractivity contribution in [1.82, 2.24) is 0 Å². The Morgan fingerprint density at radius 3 is 2.70 bits per heavy atom. The van der Waals surface area contributed by atoms with Crippen molar-refractivity contribution in [2.45, 2.75) is 33.1 Å². The summed E-state index contributed by atoms with van der Waals surface area (Å²) in [7, 11) is 0. The number of anilines is 2. The summed E-state index contributed by atoms with van der Waals surface area (Å²) in [6, 6.07) is 11.1. The first-order chi connectivity index (χ1) is 12.7. The van der Waals surface area contributed by atoms with E-state index in [1.807, 2.05) is 36.1 Å². The van der Waals surface area contributed by atoms with E-state index in [0.717, 1.165) is 36.2 Å². The summed E-state index contributed by atoms with van der Waals surface area (Å²) in [5, 5.41) is 0. The Kier molecular flexibility index (Phi) is 7.36. The van der Waals surface area contributed by atoms with Crippen LogP contribution in [0.15, 0.2) is 36.4 Å². The van der Waals surface area contributed by atoms with Gasteiger partial charge in [0.05, 0.1) is 13.2 Å². The maximum atomic E-state index is 13.1. The molecule has 3 rings (SSSR count). The number of hydrogen-bond donors (Lipinski definition) is 1. The molecule has 6 heteroatoms. The molecule has 146 valence electrons. The number of rotatable bonds is 6. The molecule has 0 bridgehead atoms. The van der Waals surface area contributed by atoms with Gasteiger partial charge in [-0.15, -0.1) is 12.4 Å². The van der Waals surface area contributed by atoms with Crippen molar-refractivity contribution in [1.29, 1.82) is 0 Å². The standard InChI is InChI=1S/C21H26N2O3.ClH/c1-3-13-26-19-11-10-15(14-20(19)25-4-2)21(24)23-12-6-7-16-17(22)8-5-9-18(16)23;/h5,8-11,14H,3-4,6-7,12-13,22H2,1-2H3;1H. The van der Waals surface area contributed by atoms with E-state index in [-0.39, 0.29) is 18.3 Å². The topological polar surface area (TPSA) is 64.8 Å². The van der Waals surface area contributed by atoms with Crippen LogP contribution in [0.25, 0.3) is 0 Å². The number of nitrogen functional groups attached to an aromatic ring is 1. The molecule has 0 radical (unpaired) electrons. The molecule has 2 aromatic carbocycles. The molecule has 0 saturated heterocycles. The normalized spacial score (nSPS) is 12.7. The smallest absolute Gasteiger partial charge is 0.258 e. The summed E-state index contributed by atoms with van der Waals surface area (Å²) < 4.78 is 11.4. The first-order valence-corrected chi connectivity index (χ1v) is 9.24. The molecule has 0 aromatic heterocycles. The summed E-state index contributed by atoms with van der Waals surface area (Å²) >= 11 is 0. The molecule has 1 aliphatic rings. The first kappa shape index (κ1) is 20.9. The Balaban J connectivity index is 0.00000261. The molecule has 1 aliphatic heterocycles. The third-order valence-corrected chi connectivity index (χ3v) is 4.48. The Morgan fingerprint density at radius 1 is 1.15 bits per heavy atom. The van der Waals surface area contributed by atoms with E-state index in [1.54, 1.807) is 12.1 Å². The molecule has 0 spiro atoms. The number of benzene rings is 2. The average Bonchev–Trinajstić information content (AvgIpc) is 2.66. The summed E-state index contributed by atoms with van der Waals surface area (Å²) in [5.74, 6) is 1.24. The van der Waals surface area contributed by atoms with Crippen LogP contribution < -0.4 is 20.1 Å². The van der Waals surface area contributed by atoms with Gasteiger partial charge in [0, 0.05) is 23.5 Å². The van der Waals surface area contributed by atoms with Gasteiger partial charge < -0.3 is 20.1 Å². The van der Waals surface area contributed by atoms with Crippen LogP contribution in [0.2, 0.25) is 0 Å². The zero-order chi connectivity index (χ0) is 18.5. The van der Waals surface area contributed by atoms with Crippen LogP contribution in [-0.4, -0.2) is 25.7 Å². The largest absolute Gasteiger partial charge is 0.490 e. The van der Waals surface area contributed by atoms with Gasteiger partial charge in [-0.2, -0.15) is 0 Å². The summed E-state index contributed by atoms with van der Waals surface area (Å²) in [4.78, 5) is 15.0. The maximum Gasteiger partial charge on any atom is 0.258 e. The monoisotopic (exact) mass is 390 g/mol. The lowest BCUT2D eigenvalue weighted by atomic mass is 9.99. The van der Waals surface area contributed by atoms with Crippen LogP contribution in [0.5, 0.6) is 11.5 Å². The second-order valence-electron chi connectivity index (χ2n) is 6.35.